The minimum Gasteiger partial charge on any atom is -0.493 e. The first-order chi connectivity index (χ1) is 10.5. The van der Waals surface area contributed by atoms with Crippen LogP contribution in [-0.2, 0) is 10.0 Å². The summed E-state index contributed by atoms with van der Waals surface area (Å²) >= 11 is 0. The number of ether oxygens (including phenoxy) is 1. The second kappa shape index (κ2) is 6.01. The SMILES string of the molecule is CS(=O)(=O)Nc1ccc(-c2ccccc2)c(OCC2CC2)c1. The Morgan fingerprint density at radius 3 is 2.50 bits per heavy atom. The van der Waals surface area contributed by atoms with Crippen LogP contribution < -0.4 is 9.46 Å². The van der Waals surface area contributed by atoms with Crippen LogP contribution in [0, 0.1) is 5.92 Å². The van der Waals surface area contributed by atoms with Gasteiger partial charge in [-0.3, -0.25) is 4.72 Å². The fourth-order valence-corrected chi connectivity index (χ4v) is 2.82. The molecule has 22 heavy (non-hydrogen) atoms. The van der Waals surface area contributed by atoms with Crippen molar-refractivity contribution in [2.24, 2.45) is 5.92 Å². The van der Waals surface area contributed by atoms with Crippen molar-refractivity contribution in [3.63, 3.8) is 0 Å². The van der Waals surface area contributed by atoms with Gasteiger partial charge < -0.3 is 4.74 Å². The van der Waals surface area contributed by atoms with Crippen LogP contribution in [0.1, 0.15) is 12.8 Å². The third-order valence-corrected chi connectivity index (χ3v) is 4.15. The second-order valence-electron chi connectivity index (χ2n) is 5.71. The zero-order chi connectivity index (χ0) is 15.6. The minimum absolute atomic E-state index is 0.521. The molecule has 0 spiro atoms. The van der Waals surface area contributed by atoms with Crippen molar-refractivity contribution in [3.8, 4) is 16.9 Å². The number of benzene rings is 2. The van der Waals surface area contributed by atoms with Gasteiger partial charge in [0, 0.05) is 11.6 Å². The van der Waals surface area contributed by atoms with Crippen LogP contribution in [0.5, 0.6) is 5.75 Å². The summed E-state index contributed by atoms with van der Waals surface area (Å²) in [4.78, 5) is 0. The van der Waals surface area contributed by atoms with Gasteiger partial charge in [-0.25, -0.2) is 8.42 Å². The predicted molar refractivity (Wildman–Crippen MR) is 88.6 cm³/mol. The lowest BCUT2D eigenvalue weighted by atomic mass is 10.0. The number of rotatable bonds is 6. The number of hydrogen-bond donors (Lipinski definition) is 1. The summed E-state index contributed by atoms with van der Waals surface area (Å²) < 4.78 is 31.2. The average Bonchev–Trinajstić information content (AvgIpc) is 3.29. The lowest BCUT2D eigenvalue weighted by Gasteiger charge is -2.14. The van der Waals surface area contributed by atoms with E-state index in [4.69, 9.17) is 4.74 Å². The normalized spacial score (nSPS) is 14.6. The Morgan fingerprint density at radius 1 is 1.14 bits per heavy atom. The highest BCUT2D eigenvalue weighted by Gasteiger charge is 2.22. The van der Waals surface area contributed by atoms with Gasteiger partial charge in [0.15, 0.2) is 0 Å². The lowest BCUT2D eigenvalue weighted by molar-refractivity contribution is 0.301. The summed E-state index contributed by atoms with van der Waals surface area (Å²) in [6.45, 7) is 0.683. The van der Waals surface area contributed by atoms with Gasteiger partial charge in [-0.1, -0.05) is 30.3 Å². The van der Waals surface area contributed by atoms with E-state index in [1.54, 1.807) is 12.1 Å². The Kier molecular flexibility index (Phi) is 4.07. The minimum atomic E-state index is -3.30. The zero-order valence-electron chi connectivity index (χ0n) is 12.5. The molecular weight excluding hydrogens is 298 g/mol. The van der Waals surface area contributed by atoms with Crippen LogP contribution in [0.2, 0.25) is 0 Å². The molecular formula is C17H19NO3S. The fourth-order valence-electron chi connectivity index (χ4n) is 2.27. The topological polar surface area (TPSA) is 55.4 Å². The summed E-state index contributed by atoms with van der Waals surface area (Å²) in [7, 11) is -3.30. The molecule has 0 unspecified atom stereocenters. The van der Waals surface area contributed by atoms with Gasteiger partial charge >= 0.3 is 0 Å². The van der Waals surface area contributed by atoms with Crippen LogP contribution >= 0.6 is 0 Å². The van der Waals surface area contributed by atoms with Gasteiger partial charge in [-0.05, 0) is 36.5 Å². The van der Waals surface area contributed by atoms with Crippen molar-refractivity contribution in [1.82, 2.24) is 0 Å². The first-order valence-corrected chi connectivity index (χ1v) is 9.20. The standard InChI is InChI=1S/C17H19NO3S/c1-22(19,20)18-15-9-10-16(14-5-3-2-4-6-14)17(11-15)21-12-13-7-8-13/h2-6,9-11,13,18H,7-8,12H2,1H3. The molecule has 1 aliphatic carbocycles. The molecule has 1 aliphatic rings. The highest BCUT2D eigenvalue weighted by Crippen LogP contribution is 2.35. The molecule has 3 rings (SSSR count). The molecule has 0 aliphatic heterocycles. The predicted octanol–water partition coefficient (Wildman–Crippen LogP) is 3.51. The summed E-state index contributed by atoms with van der Waals surface area (Å²) in [6.07, 6.45) is 3.56. The second-order valence-corrected chi connectivity index (χ2v) is 7.45. The first-order valence-electron chi connectivity index (χ1n) is 7.31. The Bertz CT molecular complexity index is 753. The quantitative estimate of drug-likeness (QED) is 0.887. The highest BCUT2D eigenvalue weighted by atomic mass is 32.2. The van der Waals surface area contributed by atoms with E-state index in [0.717, 1.165) is 17.4 Å². The molecule has 0 saturated heterocycles. The first kappa shape index (κ1) is 14.9. The number of hydrogen-bond acceptors (Lipinski definition) is 3. The summed E-state index contributed by atoms with van der Waals surface area (Å²) in [5.41, 5.74) is 2.55. The number of anilines is 1. The molecule has 2 aromatic carbocycles. The maximum Gasteiger partial charge on any atom is 0.229 e. The van der Waals surface area contributed by atoms with E-state index < -0.39 is 10.0 Å². The molecule has 5 heteroatoms. The zero-order valence-corrected chi connectivity index (χ0v) is 13.3. The third kappa shape index (κ3) is 4.01. The maximum atomic E-state index is 11.4. The third-order valence-electron chi connectivity index (χ3n) is 3.54. The summed E-state index contributed by atoms with van der Waals surface area (Å²) in [5.74, 6) is 1.35. The molecule has 0 bridgehead atoms. The van der Waals surface area contributed by atoms with E-state index in [9.17, 15) is 8.42 Å². The molecule has 0 heterocycles. The van der Waals surface area contributed by atoms with Crippen molar-refractivity contribution < 1.29 is 13.2 Å². The van der Waals surface area contributed by atoms with E-state index in [1.807, 2.05) is 36.4 Å². The highest BCUT2D eigenvalue weighted by molar-refractivity contribution is 7.92. The number of sulfonamides is 1. The molecule has 0 radical (unpaired) electrons. The monoisotopic (exact) mass is 317 g/mol. The molecule has 0 amide bonds. The Hall–Kier alpha value is -2.01. The van der Waals surface area contributed by atoms with Crippen molar-refractivity contribution in [2.75, 3.05) is 17.6 Å². The summed E-state index contributed by atoms with van der Waals surface area (Å²) in [6, 6.07) is 15.4. The van der Waals surface area contributed by atoms with Gasteiger partial charge in [0.2, 0.25) is 10.0 Å². The molecule has 0 aromatic heterocycles. The van der Waals surface area contributed by atoms with Gasteiger partial charge in [0.25, 0.3) is 0 Å². The fraction of sp³-hybridized carbons (Fsp3) is 0.294. The van der Waals surface area contributed by atoms with Gasteiger partial charge in [-0.15, -0.1) is 0 Å². The Balaban J connectivity index is 1.93. The van der Waals surface area contributed by atoms with Crippen molar-refractivity contribution in [1.29, 1.82) is 0 Å². The maximum absolute atomic E-state index is 11.4. The van der Waals surface area contributed by atoms with Crippen LogP contribution in [0.25, 0.3) is 11.1 Å². The molecule has 4 nitrogen and oxygen atoms in total. The molecule has 1 N–H and O–H groups in total. The van der Waals surface area contributed by atoms with Crippen molar-refractivity contribution in [3.05, 3.63) is 48.5 Å². The summed E-state index contributed by atoms with van der Waals surface area (Å²) in [5, 5.41) is 0. The van der Waals surface area contributed by atoms with Gasteiger partial charge in [0.1, 0.15) is 5.75 Å². The van der Waals surface area contributed by atoms with Crippen LogP contribution in [0.4, 0.5) is 5.69 Å². The Labute approximate surface area is 131 Å². The molecule has 116 valence electrons. The molecule has 0 atom stereocenters. The smallest absolute Gasteiger partial charge is 0.229 e. The number of nitrogens with one attached hydrogen (secondary N) is 1. The van der Waals surface area contributed by atoms with E-state index >= 15 is 0 Å². The lowest BCUT2D eigenvalue weighted by Crippen LogP contribution is -2.10. The van der Waals surface area contributed by atoms with Crippen LogP contribution in [-0.4, -0.2) is 21.3 Å². The largest absolute Gasteiger partial charge is 0.493 e. The average molecular weight is 317 g/mol. The van der Waals surface area contributed by atoms with Crippen LogP contribution in [0.15, 0.2) is 48.5 Å². The molecule has 1 saturated carbocycles. The Morgan fingerprint density at radius 2 is 1.86 bits per heavy atom. The van der Waals surface area contributed by atoms with Crippen molar-refractivity contribution in [2.45, 2.75) is 12.8 Å². The van der Waals surface area contributed by atoms with E-state index in [2.05, 4.69) is 4.72 Å². The van der Waals surface area contributed by atoms with Gasteiger partial charge in [-0.2, -0.15) is 0 Å². The van der Waals surface area contributed by atoms with E-state index in [0.29, 0.717) is 24.0 Å². The van der Waals surface area contributed by atoms with Crippen molar-refractivity contribution >= 4 is 15.7 Å². The van der Waals surface area contributed by atoms with Crippen LogP contribution in [0.3, 0.4) is 0 Å². The molecule has 2 aromatic rings. The van der Waals surface area contributed by atoms with E-state index in [1.165, 1.54) is 12.8 Å². The van der Waals surface area contributed by atoms with Gasteiger partial charge in [0.05, 0.1) is 18.6 Å². The molecule has 1 fully saturated rings. The van der Waals surface area contributed by atoms with E-state index in [-0.39, 0.29) is 0 Å².